The van der Waals surface area contributed by atoms with Gasteiger partial charge in [0.15, 0.2) is 0 Å². The molecular formula is C16H10N2O. The SMILES string of the molecule is [O-][n+]1c2ccccc2nc2c3ccccc3ccc21. The molecule has 0 radical (unpaired) electrons. The molecule has 0 saturated carbocycles. The largest absolute Gasteiger partial charge is 0.618 e. The van der Waals surface area contributed by atoms with Gasteiger partial charge in [-0.05, 0) is 17.5 Å². The van der Waals surface area contributed by atoms with Gasteiger partial charge in [0.1, 0.15) is 11.0 Å². The fourth-order valence-electron chi connectivity index (χ4n) is 2.51. The Morgan fingerprint density at radius 2 is 1.58 bits per heavy atom. The Hall–Kier alpha value is -2.68. The third-order valence-electron chi connectivity index (χ3n) is 3.43. The van der Waals surface area contributed by atoms with Gasteiger partial charge in [-0.2, -0.15) is 4.73 Å². The van der Waals surface area contributed by atoms with Crippen LogP contribution in [0.1, 0.15) is 0 Å². The number of hydrogen-bond acceptors (Lipinski definition) is 2. The molecular weight excluding hydrogens is 236 g/mol. The van der Waals surface area contributed by atoms with Gasteiger partial charge in [0.05, 0.1) is 0 Å². The highest BCUT2D eigenvalue weighted by Crippen LogP contribution is 2.23. The summed E-state index contributed by atoms with van der Waals surface area (Å²) in [7, 11) is 0. The van der Waals surface area contributed by atoms with Crippen molar-refractivity contribution in [2.75, 3.05) is 0 Å². The van der Waals surface area contributed by atoms with Crippen molar-refractivity contribution in [3.63, 3.8) is 0 Å². The zero-order chi connectivity index (χ0) is 12.8. The minimum Gasteiger partial charge on any atom is -0.618 e. The summed E-state index contributed by atoms with van der Waals surface area (Å²) < 4.78 is 0.962. The van der Waals surface area contributed by atoms with Crippen LogP contribution in [-0.4, -0.2) is 4.98 Å². The Morgan fingerprint density at radius 3 is 2.53 bits per heavy atom. The molecule has 0 unspecified atom stereocenters. The molecule has 19 heavy (non-hydrogen) atoms. The van der Waals surface area contributed by atoms with Crippen LogP contribution in [0.25, 0.3) is 32.8 Å². The van der Waals surface area contributed by atoms with Gasteiger partial charge in [0, 0.05) is 17.5 Å². The first-order valence-corrected chi connectivity index (χ1v) is 6.14. The van der Waals surface area contributed by atoms with E-state index >= 15 is 0 Å². The molecule has 1 heterocycles. The molecule has 0 amide bonds. The molecule has 0 aliphatic rings. The maximum absolute atomic E-state index is 12.4. The highest BCUT2D eigenvalue weighted by atomic mass is 16.5. The number of fused-ring (bicyclic) bond motifs is 4. The van der Waals surface area contributed by atoms with Gasteiger partial charge >= 0.3 is 0 Å². The van der Waals surface area contributed by atoms with Crippen molar-refractivity contribution < 1.29 is 4.73 Å². The third-order valence-corrected chi connectivity index (χ3v) is 3.43. The van der Waals surface area contributed by atoms with Crippen LogP contribution >= 0.6 is 0 Å². The molecule has 3 nitrogen and oxygen atoms in total. The number of nitrogens with zero attached hydrogens (tertiary/aromatic N) is 2. The molecule has 0 bridgehead atoms. The molecule has 1 aromatic heterocycles. The third kappa shape index (κ3) is 1.38. The molecule has 4 aromatic rings. The first kappa shape index (κ1) is 10.3. The summed E-state index contributed by atoms with van der Waals surface area (Å²) in [6.45, 7) is 0. The van der Waals surface area contributed by atoms with Gasteiger partial charge in [-0.1, -0.05) is 36.4 Å². The van der Waals surface area contributed by atoms with E-state index in [2.05, 4.69) is 4.98 Å². The monoisotopic (exact) mass is 246 g/mol. The molecule has 90 valence electrons. The van der Waals surface area contributed by atoms with Crippen molar-refractivity contribution in [3.05, 3.63) is 65.9 Å². The summed E-state index contributed by atoms with van der Waals surface area (Å²) in [5, 5.41) is 14.5. The maximum atomic E-state index is 12.4. The molecule has 0 saturated heterocycles. The molecule has 3 aromatic carbocycles. The second-order valence-corrected chi connectivity index (χ2v) is 4.55. The molecule has 0 spiro atoms. The Kier molecular flexibility index (Phi) is 1.97. The lowest BCUT2D eigenvalue weighted by Crippen LogP contribution is -2.28. The Labute approximate surface area is 109 Å². The molecule has 4 rings (SSSR count). The molecule has 0 aliphatic heterocycles. The molecule has 0 N–H and O–H groups in total. The Bertz CT molecular complexity index is 931. The van der Waals surface area contributed by atoms with Gasteiger partial charge < -0.3 is 5.21 Å². The Morgan fingerprint density at radius 1 is 0.789 bits per heavy atom. The minimum atomic E-state index is 0.602. The van der Waals surface area contributed by atoms with Crippen LogP contribution in [-0.2, 0) is 0 Å². The summed E-state index contributed by atoms with van der Waals surface area (Å²) in [4.78, 5) is 4.65. The summed E-state index contributed by atoms with van der Waals surface area (Å²) in [5.41, 5.74) is 2.69. The van der Waals surface area contributed by atoms with Crippen LogP contribution in [0.5, 0.6) is 0 Å². The van der Waals surface area contributed by atoms with E-state index in [1.165, 1.54) is 0 Å². The van der Waals surface area contributed by atoms with E-state index < -0.39 is 0 Å². The molecule has 0 atom stereocenters. The average molecular weight is 246 g/mol. The summed E-state index contributed by atoms with van der Waals surface area (Å²) >= 11 is 0. The van der Waals surface area contributed by atoms with Crippen molar-refractivity contribution in [2.45, 2.75) is 0 Å². The van der Waals surface area contributed by atoms with Gasteiger partial charge in [0.25, 0.3) is 0 Å². The number of benzene rings is 3. The fourth-order valence-corrected chi connectivity index (χ4v) is 2.51. The van der Waals surface area contributed by atoms with Gasteiger partial charge in [-0.25, -0.2) is 4.98 Å². The summed E-state index contributed by atoms with van der Waals surface area (Å²) in [6.07, 6.45) is 0. The smallest absolute Gasteiger partial charge is 0.243 e. The van der Waals surface area contributed by atoms with Crippen LogP contribution < -0.4 is 4.73 Å². The standard InChI is InChI=1S/C16H10N2O/c19-18-14-8-4-3-7-13(14)17-16-12-6-2-1-5-11(12)9-10-15(16)18/h1-10H. The lowest BCUT2D eigenvalue weighted by Gasteiger charge is -2.07. The van der Waals surface area contributed by atoms with Crippen molar-refractivity contribution in [1.82, 2.24) is 4.98 Å². The second-order valence-electron chi connectivity index (χ2n) is 4.55. The lowest BCUT2D eigenvalue weighted by molar-refractivity contribution is -0.548. The van der Waals surface area contributed by atoms with Crippen molar-refractivity contribution in [1.29, 1.82) is 0 Å². The first-order valence-electron chi connectivity index (χ1n) is 6.14. The van der Waals surface area contributed by atoms with E-state index in [0.29, 0.717) is 11.0 Å². The van der Waals surface area contributed by atoms with E-state index in [4.69, 9.17) is 0 Å². The van der Waals surface area contributed by atoms with Crippen molar-refractivity contribution in [2.24, 2.45) is 0 Å². The predicted octanol–water partition coefficient (Wildman–Crippen LogP) is 3.17. The maximum Gasteiger partial charge on any atom is 0.243 e. The van der Waals surface area contributed by atoms with Crippen LogP contribution in [0.15, 0.2) is 60.7 Å². The van der Waals surface area contributed by atoms with E-state index in [1.54, 1.807) is 6.07 Å². The van der Waals surface area contributed by atoms with Crippen LogP contribution in [0.2, 0.25) is 0 Å². The zero-order valence-corrected chi connectivity index (χ0v) is 10.1. The van der Waals surface area contributed by atoms with Crippen molar-refractivity contribution >= 4 is 32.8 Å². The number of para-hydroxylation sites is 2. The topological polar surface area (TPSA) is 39.8 Å². The van der Waals surface area contributed by atoms with Gasteiger partial charge in [0.2, 0.25) is 11.0 Å². The quantitative estimate of drug-likeness (QED) is 0.207. The lowest BCUT2D eigenvalue weighted by atomic mass is 10.1. The van der Waals surface area contributed by atoms with E-state index in [-0.39, 0.29) is 0 Å². The molecule has 0 aliphatic carbocycles. The average Bonchev–Trinajstić information content (AvgIpc) is 2.47. The highest BCUT2D eigenvalue weighted by molar-refractivity contribution is 6.04. The minimum absolute atomic E-state index is 0.602. The predicted molar refractivity (Wildman–Crippen MR) is 75.7 cm³/mol. The fraction of sp³-hybridized carbons (Fsp3) is 0. The van der Waals surface area contributed by atoms with Crippen LogP contribution in [0.4, 0.5) is 0 Å². The Balaban J connectivity index is 2.32. The molecule has 3 heteroatoms. The van der Waals surface area contributed by atoms with Crippen LogP contribution in [0.3, 0.4) is 0 Å². The second kappa shape index (κ2) is 3.65. The van der Waals surface area contributed by atoms with E-state index in [0.717, 1.165) is 26.5 Å². The molecule has 0 fully saturated rings. The first-order chi connectivity index (χ1) is 9.34. The van der Waals surface area contributed by atoms with Gasteiger partial charge in [-0.3, -0.25) is 0 Å². The highest BCUT2D eigenvalue weighted by Gasteiger charge is 2.13. The normalized spacial score (nSPS) is 11.4. The zero-order valence-electron chi connectivity index (χ0n) is 10.1. The van der Waals surface area contributed by atoms with Crippen molar-refractivity contribution in [3.8, 4) is 0 Å². The van der Waals surface area contributed by atoms with E-state index in [1.807, 2.05) is 54.6 Å². The summed E-state index contributed by atoms with van der Waals surface area (Å²) in [5.74, 6) is 0. The number of rotatable bonds is 0. The van der Waals surface area contributed by atoms with E-state index in [9.17, 15) is 5.21 Å². The van der Waals surface area contributed by atoms with Crippen LogP contribution in [0, 0.1) is 5.21 Å². The number of aromatic nitrogens is 2. The number of hydrogen-bond donors (Lipinski definition) is 0. The van der Waals surface area contributed by atoms with Gasteiger partial charge in [-0.15, -0.1) is 0 Å². The summed E-state index contributed by atoms with van der Waals surface area (Å²) in [6, 6.07) is 19.2.